The number of aromatic nitrogens is 1. The average molecular weight is 443 g/mol. The first kappa shape index (κ1) is 20.9. The Labute approximate surface area is 191 Å². The van der Waals surface area contributed by atoms with Crippen LogP contribution in [0.15, 0.2) is 85.1 Å². The molecule has 0 aliphatic carbocycles. The molecular formula is C27H23F2N3O. The largest absolute Gasteiger partial charge is 0.334 e. The van der Waals surface area contributed by atoms with Crippen LogP contribution in [0.1, 0.15) is 34.0 Å². The van der Waals surface area contributed by atoms with E-state index in [2.05, 4.69) is 5.32 Å². The van der Waals surface area contributed by atoms with Crippen LogP contribution in [0, 0.1) is 18.6 Å². The summed E-state index contributed by atoms with van der Waals surface area (Å²) in [6, 6.07) is 21.9. The lowest BCUT2D eigenvalue weighted by atomic mass is 10.0. The molecule has 0 radical (unpaired) electrons. The number of carbonyl (C=O) groups is 1. The van der Waals surface area contributed by atoms with Crippen molar-refractivity contribution in [2.45, 2.75) is 26.1 Å². The number of hydrogen-bond donors (Lipinski definition) is 1. The summed E-state index contributed by atoms with van der Waals surface area (Å²) in [5.41, 5.74) is 5.14. The summed E-state index contributed by atoms with van der Waals surface area (Å²) in [5, 5.41) is 2.99. The Morgan fingerprint density at radius 1 is 0.970 bits per heavy atom. The van der Waals surface area contributed by atoms with Gasteiger partial charge in [-0.2, -0.15) is 0 Å². The van der Waals surface area contributed by atoms with Crippen LogP contribution in [-0.2, 0) is 13.1 Å². The van der Waals surface area contributed by atoms with Crippen LogP contribution in [0.4, 0.5) is 13.6 Å². The molecule has 2 amide bonds. The molecule has 3 aromatic carbocycles. The summed E-state index contributed by atoms with van der Waals surface area (Å²) < 4.78 is 30.4. The van der Waals surface area contributed by atoms with Crippen molar-refractivity contribution in [2.24, 2.45) is 0 Å². The molecule has 0 spiro atoms. The minimum atomic E-state index is -0.676. The third-order valence-electron chi connectivity index (χ3n) is 5.99. The van der Waals surface area contributed by atoms with E-state index >= 15 is 0 Å². The second-order valence-corrected chi connectivity index (χ2v) is 8.31. The van der Waals surface area contributed by atoms with Gasteiger partial charge >= 0.3 is 6.03 Å². The van der Waals surface area contributed by atoms with E-state index in [1.165, 1.54) is 12.1 Å². The van der Waals surface area contributed by atoms with Crippen LogP contribution in [0.3, 0.4) is 0 Å². The summed E-state index contributed by atoms with van der Waals surface area (Å²) in [7, 11) is 0. The van der Waals surface area contributed by atoms with Gasteiger partial charge in [-0.1, -0.05) is 48.0 Å². The monoisotopic (exact) mass is 443 g/mol. The minimum Gasteiger partial charge on any atom is -0.334 e. The highest BCUT2D eigenvalue weighted by Gasteiger charge is 2.33. The molecule has 2 heterocycles. The molecule has 1 atom stereocenters. The molecule has 4 aromatic rings. The first-order valence-electron chi connectivity index (χ1n) is 10.8. The number of nitrogens with zero attached hydrogens (tertiary/aromatic N) is 2. The molecular weight excluding hydrogens is 420 g/mol. The van der Waals surface area contributed by atoms with Crippen molar-refractivity contribution in [3.8, 4) is 5.69 Å². The van der Waals surface area contributed by atoms with Crippen molar-refractivity contribution in [1.82, 2.24) is 14.8 Å². The summed E-state index contributed by atoms with van der Waals surface area (Å²) >= 11 is 0. The number of rotatable bonds is 3. The van der Waals surface area contributed by atoms with E-state index in [0.29, 0.717) is 18.7 Å². The van der Waals surface area contributed by atoms with Gasteiger partial charge in [-0.3, -0.25) is 0 Å². The summed E-state index contributed by atoms with van der Waals surface area (Å²) in [5.74, 6) is -1.35. The average Bonchev–Trinajstić information content (AvgIpc) is 3.22. The second-order valence-electron chi connectivity index (χ2n) is 8.31. The number of benzene rings is 3. The number of fused-ring (bicyclic) bond motifs is 3. The highest BCUT2D eigenvalue weighted by Crippen LogP contribution is 2.37. The molecule has 1 aromatic heterocycles. The van der Waals surface area contributed by atoms with Gasteiger partial charge in [0.05, 0.1) is 18.3 Å². The zero-order valence-electron chi connectivity index (χ0n) is 18.1. The van der Waals surface area contributed by atoms with Crippen LogP contribution in [0.25, 0.3) is 5.69 Å². The van der Waals surface area contributed by atoms with Crippen molar-refractivity contribution in [3.63, 3.8) is 0 Å². The van der Waals surface area contributed by atoms with Gasteiger partial charge in [0.15, 0.2) is 0 Å². The maximum Gasteiger partial charge on any atom is 0.318 e. The predicted molar refractivity (Wildman–Crippen MR) is 123 cm³/mol. The fourth-order valence-corrected chi connectivity index (χ4v) is 4.41. The van der Waals surface area contributed by atoms with Gasteiger partial charge in [0, 0.05) is 24.5 Å². The van der Waals surface area contributed by atoms with Crippen molar-refractivity contribution < 1.29 is 13.6 Å². The molecule has 166 valence electrons. The van der Waals surface area contributed by atoms with E-state index in [-0.39, 0.29) is 6.03 Å². The number of urea groups is 1. The molecule has 0 bridgehead atoms. The van der Waals surface area contributed by atoms with E-state index in [9.17, 15) is 13.6 Å². The molecule has 1 aliphatic rings. The Hall–Kier alpha value is -3.93. The van der Waals surface area contributed by atoms with Crippen molar-refractivity contribution in [1.29, 1.82) is 0 Å². The number of halogens is 2. The standard InChI is InChI=1S/C27H23F2N3O/c1-18-8-10-19(11-9-18)16-30-27(33)32-17-20-5-2-3-6-24(20)31-12-4-7-25(31)26(32)21-13-22(28)15-23(29)14-21/h2-15,26H,16-17H2,1H3,(H,30,33). The van der Waals surface area contributed by atoms with E-state index in [1.54, 1.807) is 4.90 Å². The van der Waals surface area contributed by atoms with Crippen LogP contribution < -0.4 is 5.32 Å². The van der Waals surface area contributed by atoms with Gasteiger partial charge in [0.1, 0.15) is 11.6 Å². The van der Waals surface area contributed by atoms with Gasteiger partial charge in [0.2, 0.25) is 0 Å². The SMILES string of the molecule is Cc1ccc(CNC(=O)N2Cc3ccccc3-n3cccc3C2c2cc(F)cc(F)c2)cc1. The normalized spacial score (nSPS) is 14.9. The zero-order valence-corrected chi connectivity index (χ0v) is 18.1. The van der Waals surface area contributed by atoms with Crippen LogP contribution in [0.2, 0.25) is 0 Å². The highest BCUT2D eigenvalue weighted by atomic mass is 19.1. The lowest BCUT2D eigenvalue weighted by Gasteiger charge is -2.31. The number of nitrogens with one attached hydrogen (secondary N) is 1. The van der Waals surface area contributed by atoms with E-state index in [0.717, 1.165) is 34.1 Å². The first-order chi connectivity index (χ1) is 16.0. The Balaban J connectivity index is 1.57. The Bertz CT molecular complexity index is 1290. The lowest BCUT2D eigenvalue weighted by Crippen LogP contribution is -2.41. The van der Waals surface area contributed by atoms with Crippen molar-refractivity contribution in [2.75, 3.05) is 0 Å². The highest BCUT2D eigenvalue weighted by molar-refractivity contribution is 5.76. The Morgan fingerprint density at radius 3 is 2.45 bits per heavy atom. The van der Waals surface area contributed by atoms with Crippen molar-refractivity contribution in [3.05, 3.63) is 125 Å². The second kappa shape index (κ2) is 8.54. The molecule has 6 heteroatoms. The number of para-hydroxylation sites is 1. The summed E-state index contributed by atoms with van der Waals surface area (Å²) in [6.07, 6.45) is 1.91. The topological polar surface area (TPSA) is 37.3 Å². The minimum absolute atomic E-state index is 0.292. The molecule has 0 saturated carbocycles. The van der Waals surface area contributed by atoms with E-state index < -0.39 is 17.7 Å². The van der Waals surface area contributed by atoms with Gasteiger partial charge in [-0.05, 0) is 53.9 Å². The smallest absolute Gasteiger partial charge is 0.318 e. The molecule has 33 heavy (non-hydrogen) atoms. The maximum absolute atomic E-state index is 14.2. The summed E-state index contributed by atoms with van der Waals surface area (Å²) in [6.45, 7) is 2.65. The maximum atomic E-state index is 14.2. The molecule has 5 rings (SSSR count). The number of carbonyl (C=O) groups excluding carboxylic acids is 1. The third kappa shape index (κ3) is 4.12. The van der Waals surface area contributed by atoms with E-state index in [1.807, 2.05) is 78.4 Å². The summed E-state index contributed by atoms with van der Waals surface area (Å²) in [4.78, 5) is 15.1. The molecule has 4 nitrogen and oxygen atoms in total. The number of amides is 2. The van der Waals surface area contributed by atoms with Crippen LogP contribution in [-0.4, -0.2) is 15.5 Å². The van der Waals surface area contributed by atoms with Crippen molar-refractivity contribution >= 4 is 6.03 Å². The van der Waals surface area contributed by atoms with Gasteiger partial charge in [0.25, 0.3) is 0 Å². The van der Waals surface area contributed by atoms with Crippen LogP contribution in [0.5, 0.6) is 0 Å². The fourth-order valence-electron chi connectivity index (χ4n) is 4.41. The van der Waals surface area contributed by atoms with Gasteiger partial charge in [-0.15, -0.1) is 0 Å². The molecule has 0 saturated heterocycles. The fraction of sp³-hybridized carbons (Fsp3) is 0.148. The van der Waals surface area contributed by atoms with Crippen LogP contribution >= 0.6 is 0 Å². The Kier molecular flexibility index (Phi) is 5.42. The van der Waals surface area contributed by atoms with Gasteiger partial charge in [-0.25, -0.2) is 13.6 Å². The number of hydrogen-bond acceptors (Lipinski definition) is 1. The molecule has 1 unspecified atom stereocenters. The van der Waals surface area contributed by atoms with Gasteiger partial charge < -0.3 is 14.8 Å². The zero-order chi connectivity index (χ0) is 22.9. The quantitative estimate of drug-likeness (QED) is 0.422. The lowest BCUT2D eigenvalue weighted by molar-refractivity contribution is 0.180. The Morgan fingerprint density at radius 2 is 1.70 bits per heavy atom. The third-order valence-corrected chi connectivity index (χ3v) is 5.99. The number of aryl methyl sites for hydroxylation is 1. The van der Waals surface area contributed by atoms with E-state index in [4.69, 9.17) is 0 Å². The predicted octanol–water partition coefficient (Wildman–Crippen LogP) is 5.88. The molecule has 0 fully saturated rings. The molecule has 1 aliphatic heterocycles. The first-order valence-corrected chi connectivity index (χ1v) is 10.8. The molecule has 1 N–H and O–H groups in total.